The maximum absolute atomic E-state index is 11.5. The lowest BCUT2D eigenvalue weighted by molar-refractivity contribution is 0.498. The molecular weight excluding hydrogens is 262 g/mol. The predicted molar refractivity (Wildman–Crippen MR) is 75.0 cm³/mol. The van der Waals surface area contributed by atoms with Gasteiger partial charge in [-0.15, -0.1) is 0 Å². The Labute approximate surface area is 113 Å². The first kappa shape index (κ1) is 13.7. The molecule has 0 saturated heterocycles. The summed E-state index contributed by atoms with van der Waals surface area (Å²) in [6.45, 7) is 2.02. The minimum Gasteiger partial charge on any atom is -0.469 e. The summed E-state index contributed by atoms with van der Waals surface area (Å²) < 4.78 is 28.3. The SMILES string of the molecule is CC(Cc1ccco1)Nc1cccc(S(C)(=O)=O)c1. The van der Waals surface area contributed by atoms with Crippen molar-refractivity contribution >= 4 is 15.5 Å². The van der Waals surface area contributed by atoms with Crippen LogP contribution < -0.4 is 5.32 Å². The summed E-state index contributed by atoms with van der Waals surface area (Å²) in [6, 6.07) is 10.8. The van der Waals surface area contributed by atoms with E-state index in [0.29, 0.717) is 4.90 Å². The summed E-state index contributed by atoms with van der Waals surface area (Å²) in [4.78, 5) is 0.322. The van der Waals surface area contributed by atoms with Crippen molar-refractivity contribution in [1.82, 2.24) is 0 Å². The first-order chi connectivity index (χ1) is 8.95. The maximum atomic E-state index is 11.5. The molecule has 0 radical (unpaired) electrons. The smallest absolute Gasteiger partial charge is 0.175 e. The fourth-order valence-corrected chi connectivity index (χ4v) is 2.55. The highest BCUT2D eigenvalue weighted by atomic mass is 32.2. The molecule has 0 spiro atoms. The molecule has 0 fully saturated rings. The predicted octanol–water partition coefficient (Wildman–Crippen LogP) is 2.73. The lowest BCUT2D eigenvalue weighted by Crippen LogP contribution is -2.17. The van der Waals surface area contributed by atoms with Crippen molar-refractivity contribution in [3.8, 4) is 0 Å². The minimum atomic E-state index is -3.17. The Morgan fingerprint density at radius 3 is 2.68 bits per heavy atom. The summed E-state index contributed by atoms with van der Waals surface area (Å²) in [6.07, 6.45) is 3.60. The fourth-order valence-electron chi connectivity index (χ4n) is 1.88. The van der Waals surface area contributed by atoms with Gasteiger partial charge in [-0.2, -0.15) is 0 Å². The third-order valence-electron chi connectivity index (χ3n) is 2.76. The van der Waals surface area contributed by atoms with E-state index in [1.807, 2.05) is 25.1 Å². The molecule has 1 aromatic carbocycles. The molecule has 2 aromatic rings. The first-order valence-electron chi connectivity index (χ1n) is 6.04. The number of benzene rings is 1. The normalized spacial score (nSPS) is 13.2. The molecule has 4 nitrogen and oxygen atoms in total. The number of nitrogens with one attached hydrogen (secondary N) is 1. The molecule has 0 bridgehead atoms. The molecule has 0 saturated carbocycles. The second-order valence-corrected chi connectivity index (χ2v) is 6.64. The summed E-state index contributed by atoms with van der Waals surface area (Å²) >= 11 is 0. The highest BCUT2D eigenvalue weighted by molar-refractivity contribution is 7.90. The van der Waals surface area contributed by atoms with Gasteiger partial charge >= 0.3 is 0 Å². The fraction of sp³-hybridized carbons (Fsp3) is 0.286. The van der Waals surface area contributed by atoms with Crippen LogP contribution in [0.3, 0.4) is 0 Å². The minimum absolute atomic E-state index is 0.154. The van der Waals surface area contributed by atoms with E-state index < -0.39 is 9.84 Å². The summed E-state index contributed by atoms with van der Waals surface area (Å²) in [5.74, 6) is 0.902. The number of rotatable bonds is 5. The topological polar surface area (TPSA) is 59.3 Å². The molecule has 102 valence electrons. The number of sulfone groups is 1. The summed E-state index contributed by atoms with van der Waals surface area (Å²) in [7, 11) is -3.17. The van der Waals surface area contributed by atoms with Crippen LogP contribution in [0.25, 0.3) is 0 Å². The van der Waals surface area contributed by atoms with Crippen LogP contribution in [0.15, 0.2) is 52.0 Å². The van der Waals surface area contributed by atoms with Gasteiger partial charge in [-0.1, -0.05) is 6.07 Å². The molecule has 0 amide bonds. The molecule has 2 rings (SSSR count). The van der Waals surface area contributed by atoms with Gasteiger partial charge in [0.15, 0.2) is 9.84 Å². The van der Waals surface area contributed by atoms with Crippen molar-refractivity contribution in [2.75, 3.05) is 11.6 Å². The van der Waals surface area contributed by atoms with Gasteiger partial charge in [0.1, 0.15) is 5.76 Å². The highest BCUT2D eigenvalue weighted by Crippen LogP contribution is 2.17. The molecule has 0 aliphatic carbocycles. The van der Waals surface area contributed by atoms with E-state index in [1.165, 1.54) is 6.26 Å². The lowest BCUT2D eigenvalue weighted by atomic mass is 10.2. The zero-order chi connectivity index (χ0) is 13.9. The van der Waals surface area contributed by atoms with Crippen molar-refractivity contribution in [2.24, 2.45) is 0 Å². The average molecular weight is 279 g/mol. The van der Waals surface area contributed by atoms with Crippen molar-refractivity contribution in [3.05, 3.63) is 48.4 Å². The van der Waals surface area contributed by atoms with Crippen LogP contribution in [-0.4, -0.2) is 20.7 Å². The van der Waals surface area contributed by atoms with Gasteiger partial charge in [0.25, 0.3) is 0 Å². The Kier molecular flexibility index (Phi) is 3.95. The molecule has 1 heterocycles. The van der Waals surface area contributed by atoms with Gasteiger partial charge in [0.2, 0.25) is 0 Å². The zero-order valence-corrected chi connectivity index (χ0v) is 11.8. The van der Waals surface area contributed by atoms with Crippen LogP contribution >= 0.6 is 0 Å². The Morgan fingerprint density at radius 2 is 2.05 bits per heavy atom. The molecular formula is C14H17NO3S. The number of anilines is 1. The van der Waals surface area contributed by atoms with Gasteiger partial charge in [-0.25, -0.2) is 8.42 Å². The quantitative estimate of drug-likeness (QED) is 0.914. The molecule has 1 N–H and O–H groups in total. The largest absolute Gasteiger partial charge is 0.469 e. The number of furan rings is 1. The Morgan fingerprint density at radius 1 is 1.26 bits per heavy atom. The van der Waals surface area contributed by atoms with Crippen molar-refractivity contribution < 1.29 is 12.8 Å². The van der Waals surface area contributed by atoms with Gasteiger partial charge in [0, 0.05) is 24.4 Å². The standard InChI is InChI=1S/C14H17NO3S/c1-11(9-13-6-4-8-18-13)15-12-5-3-7-14(10-12)19(2,16)17/h3-8,10-11,15H,9H2,1-2H3. The average Bonchev–Trinajstić information content (AvgIpc) is 2.80. The second-order valence-electron chi connectivity index (χ2n) is 4.63. The maximum Gasteiger partial charge on any atom is 0.175 e. The van der Waals surface area contributed by atoms with Gasteiger partial charge in [-0.05, 0) is 37.3 Å². The third kappa shape index (κ3) is 3.86. The Bertz CT molecular complexity index is 632. The zero-order valence-electron chi connectivity index (χ0n) is 11.0. The molecule has 0 aliphatic heterocycles. The molecule has 0 aliphatic rings. The second kappa shape index (κ2) is 5.48. The van der Waals surface area contributed by atoms with E-state index in [0.717, 1.165) is 17.9 Å². The van der Waals surface area contributed by atoms with E-state index in [4.69, 9.17) is 4.42 Å². The van der Waals surface area contributed by atoms with Gasteiger partial charge < -0.3 is 9.73 Å². The van der Waals surface area contributed by atoms with E-state index >= 15 is 0 Å². The first-order valence-corrected chi connectivity index (χ1v) is 7.93. The molecule has 1 unspecified atom stereocenters. The van der Waals surface area contributed by atoms with Crippen LogP contribution in [0, 0.1) is 0 Å². The Balaban J connectivity index is 2.07. The monoisotopic (exact) mass is 279 g/mol. The van der Waals surface area contributed by atoms with Crippen molar-refractivity contribution in [3.63, 3.8) is 0 Å². The number of hydrogen-bond acceptors (Lipinski definition) is 4. The van der Waals surface area contributed by atoms with E-state index in [1.54, 1.807) is 24.5 Å². The van der Waals surface area contributed by atoms with Crippen LogP contribution in [0.5, 0.6) is 0 Å². The third-order valence-corrected chi connectivity index (χ3v) is 3.87. The van der Waals surface area contributed by atoms with Crippen LogP contribution in [0.4, 0.5) is 5.69 Å². The number of hydrogen-bond donors (Lipinski definition) is 1. The van der Waals surface area contributed by atoms with Crippen LogP contribution in [-0.2, 0) is 16.3 Å². The van der Waals surface area contributed by atoms with Gasteiger partial charge in [0.05, 0.1) is 11.2 Å². The van der Waals surface area contributed by atoms with Crippen LogP contribution in [0.2, 0.25) is 0 Å². The molecule has 1 aromatic heterocycles. The van der Waals surface area contributed by atoms with E-state index in [9.17, 15) is 8.42 Å². The van der Waals surface area contributed by atoms with Gasteiger partial charge in [-0.3, -0.25) is 0 Å². The van der Waals surface area contributed by atoms with Crippen molar-refractivity contribution in [1.29, 1.82) is 0 Å². The highest BCUT2D eigenvalue weighted by Gasteiger charge is 2.09. The van der Waals surface area contributed by atoms with E-state index in [2.05, 4.69) is 5.32 Å². The lowest BCUT2D eigenvalue weighted by Gasteiger charge is -2.14. The van der Waals surface area contributed by atoms with Crippen LogP contribution in [0.1, 0.15) is 12.7 Å². The summed E-state index contributed by atoms with van der Waals surface area (Å²) in [5, 5.41) is 3.27. The van der Waals surface area contributed by atoms with E-state index in [-0.39, 0.29) is 6.04 Å². The molecule has 5 heteroatoms. The van der Waals surface area contributed by atoms with Crippen molar-refractivity contribution in [2.45, 2.75) is 24.3 Å². The molecule has 1 atom stereocenters. The Hall–Kier alpha value is -1.75. The summed E-state index contributed by atoms with van der Waals surface area (Å²) in [5.41, 5.74) is 0.794. The molecule has 19 heavy (non-hydrogen) atoms.